The van der Waals surface area contributed by atoms with Crippen molar-refractivity contribution in [3.05, 3.63) is 47.5 Å². The highest BCUT2D eigenvalue weighted by Crippen LogP contribution is 2.45. The van der Waals surface area contributed by atoms with Gasteiger partial charge in [-0.3, -0.25) is 4.90 Å². The minimum absolute atomic E-state index is 0.264. The molecule has 1 saturated heterocycles. The lowest BCUT2D eigenvalue weighted by molar-refractivity contribution is -0.0609. The van der Waals surface area contributed by atoms with Gasteiger partial charge in [0, 0.05) is 18.5 Å². The Morgan fingerprint density at radius 1 is 1.08 bits per heavy atom. The summed E-state index contributed by atoms with van der Waals surface area (Å²) in [4.78, 5) is 2.53. The lowest BCUT2D eigenvalue weighted by Crippen LogP contribution is -2.43. The Kier molecular flexibility index (Phi) is 3.86. The Balaban J connectivity index is 1.43. The van der Waals surface area contributed by atoms with Crippen LogP contribution in [0.4, 0.5) is 0 Å². The molecule has 5 nitrogen and oxygen atoms in total. The molecule has 0 bridgehead atoms. The largest absolute Gasteiger partial charge is 0.375 e. The molecule has 2 unspecified atom stereocenters. The van der Waals surface area contributed by atoms with E-state index in [4.69, 9.17) is 4.74 Å². The van der Waals surface area contributed by atoms with E-state index >= 15 is 0 Å². The van der Waals surface area contributed by atoms with Gasteiger partial charge in [-0.2, -0.15) is 0 Å². The van der Waals surface area contributed by atoms with Gasteiger partial charge >= 0.3 is 0 Å². The van der Waals surface area contributed by atoms with E-state index in [-0.39, 0.29) is 6.10 Å². The van der Waals surface area contributed by atoms with Crippen LogP contribution >= 0.6 is 0 Å². The van der Waals surface area contributed by atoms with Gasteiger partial charge in [0.1, 0.15) is 11.6 Å². The molecule has 2 saturated carbocycles. The quantitative estimate of drug-likeness (QED) is 0.837. The van der Waals surface area contributed by atoms with Crippen LogP contribution in [0.1, 0.15) is 67.8 Å². The third-order valence-corrected chi connectivity index (χ3v) is 5.65. The lowest BCUT2D eigenvalue weighted by atomic mass is 10.0. The van der Waals surface area contributed by atoms with Gasteiger partial charge in [0.05, 0.1) is 25.3 Å². The van der Waals surface area contributed by atoms with E-state index in [0.717, 1.165) is 25.5 Å². The van der Waals surface area contributed by atoms with E-state index in [1.165, 1.54) is 37.1 Å². The summed E-state index contributed by atoms with van der Waals surface area (Å²) in [6, 6.07) is 11.7. The summed E-state index contributed by atoms with van der Waals surface area (Å²) in [6.45, 7) is 4.72. The predicted molar refractivity (Wildman–Crippen MR) is 95.3 cm³/mol. The van der Waals surface area contributed by atoms with E-state index < -0.39 is 0 Å². The Morgan fingerprint density at radius 2 is 1.88 bits per heavy atom. The van der Waals surface area contributed by atoms with Crippen molar-refractivity contribution >= 4 is 0 Å². The molecule has 5 heteroatoms. The van der Waals surface area contributed by atoms with E-state index in [2.05, 4.69) is 56.9 Å². The Labute approximate surface area is 149 Å². The highest BCUT2D eigenvalue weighted by molar-refractivity contribution is 5.20. The Hall–Kier alpha value is -1.72. The van der Waals surface area contributed by atoms with Crippen LogP contribution in [0, 0.1) is 0 Å². The molecule has 5 rings (SSSR count). The molecule has 2 aromatic rings. The van der Waals surface area contributed by atoms with Crippen LogP contribution in [0.3, 0.4) is 0 Å². The molecule has 0 amide bonds. The third kappa shape index (κ3) is 3.11. The zero-order valence-electron chi connectivity index (χ0n) is 14.8. The van der Waals surface area contributed by atoms with Crippen LogP contribution in [0.2, 0.25) is 0 Å². The molecule has 132 valence electrons. The minimum Gasteiger partial charge on any atom is -0.375 e. The maximum atomic E-state index is 5.97. The average Bonchev–Trinajstić information content (AvgIpc) is 3.55. The number of hydrogen-bond acceptors (Lipinski definition) is 4. The standard InChI is InChI=1S/C20H26N4O/c1-14-11-23(18(13-25-14)15-5-3-2-4-6-15)12-19-21-22-20(16-7-8-16)24(19)17-9-10-17/h2-6,14,16-18H,7-13H2,1H3. The smallest absolute Gasteiger partial charge is 0.147 e. The second kappa shape index (κ2) is 6.22. The van der Waals surface area contributed by atoms with Gasteiger partial charge in [-0.15, -0.1) is 10.2 Å². The molecule has 0 radical (unpaired) electrons. The molecule has 3 aliphatic rings. The molecule has 0 spiro atoms. The second-order valence-electron chi connectivity index (χ2n) is 7.85. The molecular formula is C20H26N4O. The van der Waals surface area contributed by atoms with Crippen LogP contribution < -0.4 is 0 Å². The van der Waals surface area contributed by atoms with Crippen LogP contribution in [-0.2, 0) is 11.3 Å². The van der Waals surface area contributed by atoms with E-state index in [9.17, 15) is 0 Å². The topological polar surface area (TPSA) is 43.2 Å². The first-order chi connectivity index (χ1) is 12.3. The SMILES string of the molecule is CC1CN(Cc2nnc(C3CC3)n2C2CC2)C(c2ccccc2)CO1. The monoisotopic (exact) mass is 338 g/mol. The summed E-state index contributed by atoms with van der Waals surface area (Å²) in [6.07, 6.45) is 5.40. The second-order valence-corrected chi connectivity index (χ2v) is 7.85. The minimum atomic E-state index is 0.264. The van der Waals surface area contributed by atoms with Crippen LogP contribution in [0.25, 0.3) is 0 Å². The fraction of sp³-hybridized carbons (Fsp3) is 0.600. The molecule has 2 atom stereocenters. The number of rotatable bonds is 5. The van der Waals surface area contributed by atoms with E-state index in [0.29, 0.717) is 18.0 Å². The summed E-state index contributed by atoms with van der Waals surface area (Å²) >= 11 is 0. The van der Waals surface area contributed by atoms with Crippen LogP contribution in [0.5, 0.6) is 0 Å². The van der Waals surface area contributed by atoms with Gasteiger partial charge in [0.2, 0.25) is 0 Å². The maximum absolute atomic E-state index is 5.97. The zero-order valence-corrected chi connectivity index (χ0v) is 14.8. The van der Waals surface area contributed by atoms with Crippen molar-refractivity contribution in [1.29, 1.82) is 0 Å². The molecule has 1 aromatic carbocycles. The highest BCUT2D eigenvalue weighted by atomic mass is 16.5. The van der Waals surface area contributed by atoms with Gasteiger partial charge in [-0.05, 0) is 38.2 Å². The summed E-state index contributed by atoms with van der Waals surface area (Å²) in [7, 11) is 0. The van der Waals surface area contributed by atoms with Gasteiger partial charge in [0.15, 0.2) is 0 Å². The van der Waals surface area contributed by atoms with E-state index in [1.54, 1.807) is 0 Å². The van der Waals surface area contributed by atoms with Gasteiger partial charge in [0.25, 0.3) is 0 Å². The summed E-state index contributed by atoms with van der Waals surface area (Å²) < 4.78 is 8.44. The molecule has 1 aromatic heterocycles. The molecule has 3 fully saturated rings. The Bertz CT molecular complexity index is 735. The van der Waals surface area contributed by atoms with Crippen molar-refractivity contribution in [2.45, 2.75) is 63.3 Å². The molecule has 1 aliphatic heterocycles. The van der Waals surface area contributed by atoms with Crippen molar-refractivity contribution in [1.82, 2.24) is 19.7 Å². The van der Waals surface area contributed by atoms with Crippen molar-refractivity contribution in [3.63, 3.8) is 0 Å². The first-order valence-corrected chi connectivity index (χ1v) is 9.64. The van der Waals surface area contributed by atoms with Crippen LogP contribution in [0.15, 0.2) is 30.3 Å². The number of morpholine rings is 1. The number of hydrogen-bond donors (Lipinski definition) is 0. The first-order valence-electron chi connectivity index (χ1n) is 9.64. The molecule has 0 N–H and O–H groups in total. The van der Waals surface area contributed by atoms with Crippen molar-refractivity contribution < 1.29 is 4.74 Å². The molecular weight excluding hydrogens is 312 g/mol. The lowest BCUT2D eigenvalue weighted by Gasteiger charge is -2.38. The Morgan fingerprint density at radius 3 is 2.60 bits per heavy atom. The van der Waals surface area contributed by atoms with Gasteiger partial charge in [-0.25, -0.2) is 0 Å². The van der Waals surface area contributed by atoms with E-state index in [1.807, 2.05) is 0 Å². The fourth-order valence-corrected chi connectivity index (χ4v) is 4.01. The first kappa shape index (κ1) is 15.5. The molecule has 25 heavy (non-hydrogen) atoms. The predicted octanol–water partition coefficient (Wildman–Crippen LogP) is 3.45. The number of aromatic nitrogens is 3. The summed E-state index contributed by atoms with van der Waals surface area (Å²) in [5.74, 6) is 3.06. The number of nitrogens with zero attached hydrogens (tertiary/aromatic N) is 4. The zero-order chi connectivity index (χ0) is 16.8. The summed E-state index contributed by atoms with van der Waals surface area (Å²) in [5.41, 5.74) is 1.33. The van der Waals surface area contributed by atoms with Gasteiger partial charge < -0.3 is 9.30 Å². The van der Waals surface area contributed by atoms with Crippen LogP contribution in [-0.4, -0.2) is 38.9 Å². The number of ether oxygens (including phenoxy) is 1. The highest BCUT2D eigenvalue weighted by Gasteiger charge is 2.37. The maximum Gasteiger partial charge on any atom is 0.147 e. The molecule has 2 heterocycles. The fourth-order valence-electron chi connectivity index (χ4n) is 4.01. The van der Waals surface area contributed by atoms with Crippen molar-refractivity contribution in [3.8, 4) is 0 Å². The molecule has 2 aliphatic carbocycles. The average molecular weight is 338 g/mol. The van der Waals surface area contributed by atoms with Crippen molar-refractivity contribution in [2.24, 2.45) is 0 Å². The van der Waals surface area contributed by atoms with Gasteiger partial charge in [-0.1, -0.05) is 30.3 Å². The number of benzene rings is 1. The normalized spacial score (nSPS) is 27.6. The van der Waals surface area contributed by atoms with Crippen molar-refractivity contribution in [2.75, 3.05) is 13.2 Å². The third-order valence-electron chi connectivity index (χ3n) is 5.65. The summed E-state index contributed by atoms with van der Waals surface area (Å²) in [5, 5.41) is 9.19.